The highest BCUT2D eigenvalue weighted by molar-refractivity contribution is 5.95. The molecule has 0 aromatic heterocycles. The summed E-state index contributed by atoms with van der Waals surface area (Å²) in [4.78, 5) is 23.9. The first-order chi connectivity index (χ1) is 11.5. The van der Waals surface area contributed by atoms with Gasteiger partial charge < -0.3 is 24.8 Å². The van der Waals surface area contributed by atoms with E-state index in [1.165, 1.54) is 21.3 Å². The normalized spacial score (nSPS) is 10.2. The molecule has 2 amide bonds. The van der Waals surface area contributed by atoms with E-state index < -0.39 is 0 Å². The van der Waals surface area contributed by atoms with Crippen molar-refractivity contribution in [3.05, 3.63) is 12.1 Å². The Hall–Kier alpha value is -2.44. The van der Waals surface area contributed by atoms with Crippen molar-refractivity contribution in [1.29, 1.82) is 0 Å². The summed E-state index contributed by atoms with van der Waals surface area (Å²) in [5.41, 5.74) is 0.492. The first kappa shape index (κ1) is 19.6. The molecule has 0 saturated heterocycles. The maximum atomic E-state index is 12.0. The van der Waals surface area contributed by atoms with Crippen molar-refractivity contribution in [1.82, 2.24) is 5.32 Å². The molecule has 0 spiro atoms. The van der Waals surface area contributed by atoms with Crippen molar-refractivity contribution in [3.8, 4) is 17.2 Å². The molecule has 0 atom stereocenters. The summed E-state index contributed by atoms with van der Waals surface area (Å²) in [5.74, 6) is 0.809. The van der Waals surface area contributed by atoms with E-state index in [0.29, 0.717) is 22.9 Å². The Morgan fingerprint density at radius 2 is 1.54 bits per heavy atom. The fourth-order valence-electron chi connectivity index (χ4n) is 2.33. The second kappa shape index (κ2) is 9.64. The molecule has 2 N–H and O–H groups in total. The maximum absolute atomic E-state index is 12.0. The highest BCUT2D eigenvalue weighted by Gasteiger charge is 2.17. The van der Waals surface area contributed by atoms with Gasteiger partial charge in [-0.05, 0) is 12.8 Å². The molecule has 0 aliphatic heterocycles. The van der Waals surface area contributed by atoms with Crippen molar-refractivity contribution in [3.63, 3.8) is 0 Å². The van der Waals surface area contributed by atoms with Gasteiger partial charge in [-0.25, -0.2) is 0 Å². The fourth-order valence-corrected chi connectivity index (χ4v) is 2.33. The molecule has 0 aliphatic carbocycles. The first-order valence-electron chi connectivity index (χ1n) is 7.88. The van der Waals surface area contributed by atoms with Crippen LogP contribution in [0.4, 0.5) is 5.69 Å². The minimum Gasteiger partial charge on any atom is -0.493 e. The lowest BCUT2D eigenvalue weighted by molar-refractivity contribution is -0.127. The summed E-state index contributed by atoms with van der Waals surface area (Å²) in [6, 6.07) is 3.25. The zero-order chi connectivity index (χ0) is 18.1. The van der Waals surface area contributed by atoms with E-state index in [1.54, 1.807) is 12.1 Å². The van der Waals surface area contributed by atoms with Gasteiger partial charge >= 0.3 is 0 Å². The lowest BCUT2D eigenvalue weighted by atomic mass is 10.0. The molecule has 0 heterocycles. The number of amides is 2. The molecule has 1 aromatic rings. The van der Waals surface area contributed by atoms with Crippen LogP contribution in [0.25, 0.3) is 0 Å². The SMILES string of the molecule is CCC(CC)C(=O)NCC(=O)Nc1cc(OC)c(OC)c(OC)c1. The van der Waals surface area contributed by atoms with Crippen molar-refractivity contribution >= 4 is 17.5 Å². The lowest BCUT2D eigenvalue weighted by Crippen LogP contribution is -2.36. The number of methoxy groups -OCH3 is 3. The fraction of sp³-hybridized carbons (Fsp3) is 0.529. The van der Waals surface area contributed by atoms with Gasteiger partial charge in [0.1, 0.15) is 0 Å². The van der Waals surface area contributed by atoms with Crippen LogP contribution in [-0.2, 0) is 9.59 Å². The Balaban J connectivity index is 2.75. The predicted octanol–water partition coefficient (Wildman–Crippen LogP) is 2.20. The zero-order valence-corrected chi connectivity index (χ0v) is 14.9. The van der Waals surface area contributed by atoms with Crippen LogP contribution in [0.2, 0.25) is 0 Å². The Labute approximate surface area is 142 Å². The highest BCUT2D eigenvalue weighted by Crippen LogP contribution is 2.39. The molecule has 1 aromatic carbocycles. The monoisotopic (exact) mass is 338 g/mol. The van der Waals surface area contributed by atoms with E-state index >= 15 is 0 Å². The number of hydrogen-bond donors (Lipinski definition) is 2. The second-order valence-corrected chi connectivity index (χ2v) is 5.19. The van der Waals surface area contributed by atoms with Gasteiger partial charge in [0.05, 0.1) is 27.9 Å². The van der Waals surface area contributed by atoms with E-state index in [4.69, 9.17) is 14.2 Å². The highest BCUT2D eigenvalue weighted by atomic mass is 16.5. The van der Waals surface area contributed by atoms with Crippen molar-refractivity contribution in [2.24, 2.45) is 5.92 Å². The quantitative estimate of drug-likeness (QED) is 0.721. The average Bonchev–Trinajstić information content (AvgIpc) is 2.59. The van der Waals surface area contributed by atoms with Gasteiger partial charge in [0.15, 0.2) is 11.5 Å². The molecule has 7 nitrogen and oxygen atoms in total. The van der Waals surface area contributed by atoms with Gasteiger partial charge in [-0.1, -0.05) is 13.8 Å². The first-order valence-corrected chi connectivity index (χ1v) is 7.88. The van der Waals surface area contributed by atoms with Gasteiger partial charge in [-0.2, -0.15) is 0 Å². The third kappa shape index (κ3) is 5.04. The molecular formula is C17H26N2O5. The Kier molecular flexibility index (Phi) is 7.88. The molecule has 0 bridgehead atoms. The van der Waals surface area contributed by atoms with E-state index in [-0.39, 0.29) is 24.3 Å². The van der Waals surface area contributed by atoms with Crippen LogP contribution in [0.15, 0.2) is 12.1 Å². The minimum absolute atomic E-state index is 0.0704. The van der Waals surface area contributed by atoms with Crippen LogP contribution in [0.5, 0.6) is 17.2 Å². The zero-order valence-electron chi connectivity index (χ0n) is 14.9. The molecule has 0 aliphatic rings. The van der Waals surface area contributed by atoms with E-state index in [2.05, 4.69) is 10.6 Å². The Morgan fingerprint density at radius 1 is 1.00 bits per heavy atom. The summed E-state index contributed by atoms with van der Waals surface area (Å²) < 4.78 is 15.7. The summed E-state index contributed by atoms with van der Waals surface area (Å²) in [7, 11) is 4.50. The third-order valence-electron chi connectivity index (χ3n) is 3.73. The van der Waals surface area contributed by atoms with Crippen LogP contribution >= 0.6 is 0 Å². The maximum Gasteiger partial charge on any atom is 0.243 e. The minimum atomic E-state index is -0.330. The predicted molar refractivity (Wildman–Crippen MR) is 91.8 cm³/mol. The third-order valence-corrected chi connectivity index (χ3v) is 3.73. The number of anilines is 1. The summed E-state index contributed by atoms with van der Waals surface area (Å²) in [5, 5.41) is 5.35. The molecule has 0 fully saturated rings. The van der Waals surface area contributed by atoms with Crippen molar-refractivity contribution in [2.45, 2.75) is 26.7 Å². The number of nitrogens with one attached hydrogen (secondary N) is 2. The van der Waals surface area contributed by atoms with Crippen LogP contribution in [0, 0.1) is 5.92 Å². The van der Waals surface area contributed by atoms with E-state index in [0.717, 1.165) is 12.8 Å². The number of carbonyl (C=O) groups is 2. The number of ether oxygens (including phenoxy) is 3. The Morgan fingerprint density at radius 3 is 1.96 bits per heavy atom. The largest absolute Gasteiger partial charge is 0.493 e. The van der Waals surface area contributed by atoms with Crippen LogP contribution in [0.1, 0.15) is 26.7 Å². The second-order valence-electron chi connectivity index (χ2n) is 5.19. The van der Waals surface area contributed by atoms with E-state index in [1.807, 2.05) is 13.8 Å². The average molecular weight is 338 g/mol. The van der Waals surface area contributed by atoms with Gasteiger partial charge in [0, 0.05) is 23.7 Å². The topological polar surface area (TPSA) is 85.9 Å². The molecule has 1 rings (SSSR count). The van der Waals surface area contributed by atoms with Crippen LogP contribution < -0.4 is 24.8 Å². The van der Waals surface area contributed by atoms with Gasteiger partial charge in [0.2, 0.25) is 17.6 Å². The molecule has 0 saturated carbocycles. The lowest BCUT2D eigenvalue weighted by Gasteiger charge is -2.15. The summed E-state index contributed by atoms with van der Waals surface area (Å²) >= 11 is 0. The molecule has 0 radical (unpaired) electrons. The van der Waals surface area contributed by atoms with Gasteiger partial charge in [-0.3, -0.25) is 9.59 Å². The number of carbonyl (C=O) groups excluding carboxylic acids is 2. The van der Waals surface area contributed by atoms with Crippen molar-refractivity contribution in [2.75, 3.05) is 33.2 Å². The van der Waals surface area contributed by atoms with Gasteiger partial charge in [-0.15, -0.1) is 0 Å². The Bertz CT molecular complexity index is 545. The van der Waals surface area contributed by atoms with Crippen LogP contribution in [-0.4, -0.2) is 39.7 Å². The number of hydrogen-bond acceptors (Lipinski definition) is 5. The standard InChI is InChI=1S/C17H26N2O5/c1-6-11(7-2)17(21)18-10-15(20)19-12-8-13(22-3)16(24-5)14(9-12)23-4/h8-9,11H,6-7,10H2,1-5H3,(H,18,21)(H,19,20). The van der Waals surface area contributed by atoms with Gasteiger partial charge in [0.25, 0.3) is 0 Å². The summed E-state index contributed by atoms with van der Waals surface area (Å²) in [6.07, 6.45) is 1.49. The number of rotatable bonds is 9. The van der Waals surface area contributed by atoms with E-state index in [9.17, 15) is 9.59 Å². The smallest absolute Gasteiger partial charge is 0.243 e. The molecule has 134 valence electrons. The summed E-state index contributed by atoms with van der Waals surface area (Å²) in [6.45, 7) is 3.81. The molecule has 0 unspecified atom stereocenters. The van der Waals surface area contributed by atoms with Crippen LogP contribution in [0.3, 0.4) is 0 Å². The molecule has 24 heavy (non-hydrogen) atoms. The molecule has 7 heteroatoms. The number of benzene rings is 1. The molecular weight excluding hydrogens is 312 g/mol. The van der Waals surface area contributed by atoms with Crippen molar-refractivity contribution < 1.29 is 23.8 Å².